The first-order valence-corrected chi connectivity index (χ1v) is 9.38. The van der Waals surface area contributed by atoms with E-state index in [2.05, 4.69) is 20.6 Å². The molecule has 0 fully saturated rings. The first kappa shape index (κ1) is 18.1. The quantitative estimate of drug-likeness (QED) is 0.491. The number of fused-ring (bicyclic) bond motifs is 1. The van der Waals surface area contributed by atoms with Crippen LogP contribution in [0.25, 0.3) is 4.96 Å². The van der Waals surface area contributed by atoms with Gasteiger partial charge in [0, 0.05) is 36.1 Å². The summed E-state index contributed by atoms with van der Waals surface area (Å²) in [5.41, 5.74) is 1.80. The van der Waals surface area contributed by atoms with Crippen LogP contribution in [-0.2, 0) is 6.54 Å². The van der Waals surface area contributed by atoms with E-state index >= 15 is 0 Å². The number of aliphatic imine (C=N–C) groups is 1. The van der Waals surface area contributed by atoms with E-state index in [1.165, 1.54) is 0 Å². The molecule has 0 saturated heterocycles. The molecule has 0 unspecified atom stereocenters. The number of thiazole rings is 1. The second kappa shape index (κ2) is 8.57. The molecule has 2 N–H and O–H groups in total. The lowest BCUT2D eigenvalue weighted by Gasteiger charge is -2.14. The maximum Gasteiger partial charge on any atom is 0.196 e. The molecule has 8 heteroatoms. The molecule has 0 aliphatic heterocycles. The predicted molar refractivity (Wildman–Crippen MR) is 106 cm³/mol. The van der Waals surface area contributed by atoms with Crippen molar-refractivity contribution in [1.82, 2.24) is 14.7 Å². The van der Waals surface area contributed by atoms with E-state index in [0.29, 0.717) is 30.6 Å². The summed E-state index contributed by atoms with van der Waals surface area (Å²) in [7, 11) is 1.63. The Labute approximate surface area is 156 Å². The van der Waals surface area contributed by atoms with Crippen molar-refractivity contribution < 1.29 is 9.47 Å². The Bertz CT molecular complexity index is 858. The number of methoxy groups -OCH3 is 1. The van der Waals surface area contributed by atoms with Crippen molar-refractivity contribution >= 4 is 27.9 Å². The van der Waals surface area contributed by atoms with Gasteiger partial charge in [0.05, 0.1) is 26.0 Å². The minimum atomic E-state index is 0.498. The molecule has 3 aromatic rings. The fourth-order valence-corrected chi connectivity index (χ4v) is 3.20. The zero-order valence-corrected chi connectivity index (χ0v) is 16.0. The van der Waals surface area contributed by atoms with Gasteiger partial charge in [-0.15, -0.1) is 11.3 Å². The lowest BCUT2D eigenvalue weighted by Crippen LogP contribution is -2.30. The molecular formula is C18H23N5O2S. The Morgan fingerprint density at radius 1 is 1.31 bits per heavy atom. The number of imidazole rings is 1. The van der Waals surface area contributed by atoms with E-state index in [1.54, 1.807) is 18.4 Å². The number of anilines is 1. The Hall–Kier alpha value is -2.74. The standard InChI is InChI=1S/C18H23N5O2S/c1-4-19-17(20-11-14-12-23-8-9-26-18(23)22-14)21-13-6-7-15(24-3)16(10-13)25-5-2/h6-10,12H,4-5,11H2,1-3H3,(H2,19,20,21). The van der Waals surface area contributed by atoms with Crippen molar-refractivity contribution in [2.24, 2.45) is 4.99 Å². The molecule has 0 atom stereocenters. The molecular weight excluding hydrogens is 350 g/mol. The van der Waals surface area contributed by atoms with Crippen LogP contribution in [0.15, 0.2) is 41.0 Å². The summed E-state index contributed by atoms with van der Waals surface area (Å²) >= 11 is 1.61. The van der Waals surface area contributed by atoms with E-state index in [9.17, 15) is 0 Å². The van der Waals surface area contributed by atoms with Crippen LogP contribution in [0.1, 0.15) is 19.5 Å². The molecule has 0 bridgehead atoms. The fourth-order valence-electron chi connectivity index (χ4n) is 2.48. The first-order valence-electron chi connectivity index (χ1n) is 8.50. The molecule has 2 aromatic heterocycles. The van der Waals surface area contributed by atoms with Gasteiger partial charge in [-0.1, -0.05) is 0 Å². The molecule has 3 rings (SSSR count). The Balaban J connectivity index is 1.74. The molecule has 0 radical (unpaired) electrons. The highest BCUT2D eigenvalue weighted by Gasteiger charge is 2.08. The van der Waals surface area contributed by atoms with E-state index in [0.717, 1.165) is 22.9 Å². The number of guanidine groups is 1. The lowest BCUT2D eigenvalue weighted by atomic mass is 10.2. The lowest BCUT2D eigenvalue weighted by molar-refractivity contribution is 0.311. The van der Waals surface area contributed by atoms with Crippen LogP contribution in [0.2, 0.25) is 0 Å². The van der Waals surface area contributed by atoms with Crippen molar-refractivity contribution in [3.05, 3.63) is 41.7 Å². The monoisotopic (exact) mass is 373 g/mol. The first-order chi connectivity index (χ1) is 12.7. The van der Waals surface area contributed by atoms with Gasteiger partial charge < -0.3 is 20.1 Å². The minimum Gasteiger partial charge on any atom is -0.493 e. The van der Waals surface area contributed by atoms with Gasteiger partial charge in [-0.3, -0.25) is 4.40 Å². The molecule has 0 saturated carbocycles. The summed E-state index contributed by atoms with van der Waals surface area (Å²) in [5.74, 6) is 2.10. The highest BCUT2D eigenvalue weighted by Crippen LogP contribution is 2.30. The molecule has 2 heterocycles. The van der Waals surface area contributed by atoms with E-state index in [-0.39, 0.29) is 0 Å². The van der Waals surface area contributed by atoms with E-state index in [1.807, 2.05) is 54.2 Å². The Morgan fingerprint density at radius 2 is 2.19 bits per heavy atom. The number of nitrogens with one attached hydrogen (secondary N) is 2. The SMILES string of the molecule is CCNC(=NCc1cn2ccsc2n1)Nc1ccc(OC)c(OCC)c1. The molecule has 1 aromatic carbocycles. The number of nitrogens with zero attached hydrogens (tertiary/aromatic N) is 3. The number of hydrogen-bond acceptors (Lipinski definition) is 5. The van der Waals surface area contributed by atoms with Gasteiger partial charge in [0.25, 0.3) is 0 Å². The molecule has 26 heavy (non-hydrogen) atoms. The van der Waals surface area contributed by atoms with E-state index < -0.39 is 0 Å². The third-order valence-corrected chi connectivity index (χ3v) is 4.38. The summed E-state index contributed by atoms with van der Waals surface area (Å²) < 4.78 is 13.0. The maximum absolute atomic E-state index is 5.63. The van der Waals surface area contributed by atoms with Gasteiger partial charge in [-0.2, -0.15) is 0 Å². The molecule has 138 valence electrons. The van der Waals surface area contributed by atoms with Crippen LogP contribution < -0.4 is 20.1 Å². The van der Waals surface area contributed by atoms with Gasteiger partial charge in [0.1, 0.15) is 0 Å². The summed E-state index contributed by atoms with van der Waals surface area (Å²) in [4.78, 5) is 10.2. The van der Waals surface area contributed by atoms with E-state index in [4.69, 9.17) is 9.47 Å². The van der Waals surface area contributed by atoms with Crippen LogP contribution in [0.5, 0.6) is 11.5 Å². The zero-order chi connectivity index (χ0) is 18.4. The summed E-state index contributed by atoms with van der Waals surface area (Å²) in [5, 5.41) is 8.56. The largest absolute Gasteiger partial charge is 0.493 e. The zero-order valence-electron chi connectivity index (χ0n) is 15.2. The molecule has 7 nitrogen and oxygen atoms in total. The average Bonchev–Trinajstić information content (AvgIpc) is 3.22. The highest BCUT2D eigenvalue weighted by atomic mass is 32.1. The average molecular weight is 373 g/mol. The number of ether oxygens (including phenoxy) is 2. The van der Waals surface area contributed by atoms with Gasteiger partial charge in [-0.05, 0) is 26.0 Å². The predicted octanol–water partition coefficient (Wildman–Crippen LogP) is 3.38. The van der Waals surface area contributed by atoms with Crippen molar-refractivity contribution in [3.8, 4) is 11.5 Å². The van der Waals surface area contributed by atoms with Crippen LogP contribution in [0, 0.1) is 0 Å². The molecule has 0 aliphatic carbocycles. The second-order valence-corrected chi connectivity index (χ2v) is 6.32. The number of hydrogen-bond donors (Lipinski definition) is 2. The topological polar surface area (TPSA) is 72.2 Å². The van der Waals surface area contributed by atoms with Crippen molar-refractivity contribution in [2.75, 3.05) is 25.6 Å². The van der Waals surface area contributed by atoms with Gasteiger partial charge in [0.15, 0.2) is 22.4 Å². The molecule has 0 aliphatic rings. The summed E-state index contributed by atoms with van der Waals surface area (Å²) in [6, 6.07) is 5.71. The Kier molecular flexibility index (Phi) is 5.96. The van der Waals surface area contributed by atoms with Crippen LogP contribution >= 0.6 is 11.3 Å². The number of aromatic nitrogens is 2. The van der Waals surface area contributed by atoms with Crippen molar-refractivity contribution in [1.29, 1.82) is 0 Å². The smallest absolute Gasteiger partial charge is 0.196 e. The van der Waals surface area contributed by atoms with Crippen molar-refractivity contribution in [2.45, 2.75) is 20.4 Å². The van der Waals surface area contributed by atoms with Crippen molar-refractivity contribution in [3.63, 3.8) is 0 Å². The summed E-state index contributed by atoms with van der Waals surface area (Å²) in [6.07, 6.45) is 4.00. The van der Waals surface area contributed by atoms with Crippen LogP contribution in [0.3, 0.4) is 0 Å². The number of rotatable bonds is 7. The Morgan fingerprint density at radius 3 is 2.92 bits per heavy atom. The van der Waals surface area contributed by atoms with Crippen LogP contribution in [-0.4, -0.2) is 35.6 Å². The van der Waals surface area contributed by atoms with Gasteiger partial charge in [0.2, 0.25) is 0 Å². The second-order valence-electron chi connectivity index (χ2n) is 5.44. The summed E-state index contributed by atoms with van der Waals surface area (Å²) in [6.45, 7) is 5.81. The normalized spacial score (nSPS) is 11.6. The molecule has 0 spiro atoms. The maximum atomic E-state index is 5.63. The van der Waals surface area contributed by atoms with Gasteiger partial charge in [-0.25, -0.2) is 9.98 Å². The van der Waals surface area contributed by atoms with Gasteiger partial charge >= 0.3 is 0 Å². The minimum absolute atomic E-state index is 0.498. The molecule has 0 amide bonds. The fraction of sp³-hybridized carbons (Fsp3) is 0.333. The van der Waals surface area contributed by atoms with Crippen LogP contribution in [0.4, 0.5) is 5.69 Å². The third-order valence-electron chi connectivity index (χ3n) is 3.61. The number of benzene rings is 1. The third kappa shape index (κ3) is 4.26. The highest BCUT2D eigenvalue weighted by molar-refractivity contribution is 7.15.